The van der Waals surface area contributed by atoms with Crippen LogP contribution in [-0.2, 0) is 0 Å². The predicted octanol–water partition coefficient (Wildman–Crippen LogP) is 3.00. The van der Waals surface area contributed by atoms with Crippen LogP contribution in [0.4, 0.5) is 11.5 Å². The monoisotopic (exact) mass is 408 g/mol. The van der Waals surface area contributed by atoms with E-state index in [-0.39, 0.29) is 11.6 Å². The summed E-state index contributed by atoms with van der Waals surface area (Å²) in [7, 11) is 1.67. The quantitative estimate of drug-likeness (QED) is 0.472. The number of nitrogen functional groups attached to an aromatic ring is 1. The van der Waals surface area contributed by atoms with Crippen molar-refractivity contribution in [1.29, 1.82) is 5.26 Å². The number of hydrogen-bond acceptors (Lipinski definition) is 6. The number of nitrogens with one attached hydrogen (secondary N) is 1. The second kappa shape index (κ2) is 6.96. The summed E-state index contributed by atoms with van der Waals surface area (Å²) >= 11 is 0. The first-order valence-corrected chi connectivity index (χ1v) is 9.40. The van der Waals surface area contributed by atoms with Gasteiger partial charge in [0.2, 0.25) is 0 Å². The molecule has 9 heteroatoms. The molecular weight excluding hydrogens is 392 g/mol. The van der Waals surface area contributed by atoms with Crippen LogP contribution in [0.25, 0.3) is 27.8 Å². The smallest absolute Gasteiger partial charge is 0.278 e. The van der Waals surface area contributed by atoms with E-state index in [4.69, 9.17) is 11.0 Å². The minimum Gasteiger partial charge on any atom is -0.382 e. The SMILES string of the molecule is CN(C(=O)c1cn2c(-c3ccc4[nH]nc(N)c4c3)cnc2cn1)c1ccc(C#N)cc1. The number of fused-ring (bicyclic) bond motifs is 2. The van der Waals surface area contributed by atoms with Gasteiger partial charge in [0.25, 0.3) is 5.91 Å². The summed E-state index contributed by atoms with van der Waals surface area (Å²) in [6.45, 7) is 0. The molecule has 0 saturated heterocycles. The first kappa shape index (κ1) is 18.3. The molecule has 3 heterocycles. The van der Waals surface area contributed by atoms with E-state index in [1.165, 1.54) is 4.90 Å². The number of aromatic amines is 1. The van der Waals surface area contributed by atoms with Crippen LogP contribution in [0.1, 0.15) is 16.1 Å². The minimum absolute atomic E-state index is 0.266. The van der Waals surface area contributed by atoms with Crippen molar-refractivity contribution in [1.82, 2.24) is 24.6 Å². The lowest BCUT2D eigenvalue weighted by Crippen LogP contribution is -2.27. The Labute approximate surface area is 176 Å². The first-order chi connectivity index (χ1) is 15.0. The van der Waals surface area contributed by atoms with Crippen LogP contribution in [0.5, 0.6) is 0 Å². The molecule has 0 unspecified atom stereocenters. The lowest BCUT2D eigenvalue weighted by molar-refractivity contribution is 0.0988. The Morgan fingerprint density at radius 1 is 1.16 bits per heavy atom. The molecule has 5 rings (SSSR count). The zero-order valence-corrected chi connectivity index (χ0v) is 16.4. The minimum atomic E-state index is -0.277. The number of H-pyrrole nitrogens is 1. The van der Waals surface area contributed by atoms with Gasteiger partial charge >= 0.3 is 0 Å². The van der Waals surface area contributed by atoms with Crippen LogP contribution >= 0.6 is 0 Å². The van der Waals surface area contributed by atoms with E-state index in [1.54, 1.807) is 49.9 Å². The second-order valence-electron chi connectivity index (χ2n) is 7.04. The van der Waals surface area contributed by atoms with Gasteiger partial charge in [-0.1, -0.05) is 6.07 Å². The number of hydrogen-bond donors (Lipinski definition) is 2. The topological polar surface area (TPSA) is 129 Å². The van der Waals surface area contributed by atoms with Crippen molar-refractivity contribution in [2.24, 2.45) is 0 Å². The summed E-state index contributed by atoms with van der Waals surface area (Å²) in [5.41, 5.74) is 10.6. The summed E-state index contributed by atoms with van der Waals surface area (Å²) < 4.78 is 1.82. The van der Waals surface area contributed by atoms with Gasteiger partial charge in [-0.2, -0.15) is 10.4 Å². The molecule has 5 aromatic rings. The number of benzene rings is 2. The molecule has 3 N–H and O–H groups in total. The van der Waals surface area contributed by atoms with Crippen molar-refractivity contribution in [3.05, 3.63) is 72.3 Å². The van der Waals surface area contributed by atoms with Crippen molar-refractivity contribution in [2.75, 3.05) is 17.7 Å². The summed E-state index contributed by atoms with van der Waals surface area (Å²) in [6, 6.07) is 14.6. The van der Waals surface area contributed by atoms with Crippen LogP contribution in [0.3, 0.4) is 0 Å². The van der Waals surface area contributed by atoms with Crippen molar-refractivity contribution < 1.29 is 4.79 Å². The Morgan fingerprint density at radius 3 is 2.74 bits per heavy atom. The number of rotatable bonds is 3. The van der Waals surface area contributed by atoms with Crippen molar-refractivity contribution in [3.8, 4) is 17.3 Å². The van der Waals surface area contributed by atoms with E-state index in [9.17, 15) is 4.79 Å². The lowest BCUT2D eigenvalue weighted by atomic mass is 10.1. The Kier molecular flexibility index (Phi) is 4.12. The standard InChI is InChI=1S/C22H16N8O/c1-29(15-5-2-13(9-23)3-6-15)22(31)18-12-30-19(10-26-20(30)11-25-18)14-4-7-17-16(8-14)21(24)28-27-17/h2-8,10-12H,1H3,(H3,24,27,28). The molecule has 9 nitrogen and oxygen atoms in total. The van der Waals surface area contributed by atoms with Gasteiger partial charge in [-0.25, -0.2) is 9.97 Å². The van der Waals surface area contributed by atoms with E-state index < -0.39 is 0 Å². The summed E-state index contributed by atoms with van der Waals surface area (Å²) in [5, 5.41) is 16.7. The number of anilines is 2. The Morgan fingerprint density at radius 2 is 1.97 bits per heavy atom. The fraction of sp³-hybridized carbons (Fsp3) is 0.0455. The van der Waals surface area contributed by atoms with Crippen LogP contribution in [0.2, 0.25) is 0 Å². The fourth-order valence-corrected chi connectivity index (χ4v) is 3.46. The van der Waals surface area contributed by atoms with Crippen LogP contribution in [0.15, 0.2) is 61.1 Å². The first-order valence-electron chi connectivity index (χ1n) is 9.40. The zero-order chi connectivity index (χ0) is 21.5. The number of imidazole rings is 1. The second-order valence-corrected chi connectivity index (χ2v) is 7.04. The molecule has 3 aromatic heterocycles. The zero-order valence-electron chi connectivity index (χ0n) is 16.4. The Hall–Kier alpha value is -4.71. The highest BCUT2D eigenvalue weighted by atomic mass is 16.2. The number of nitrogens with zero attached hydrogens (tertiary/aromatic N) is 6. The van der Waals surface area contributed by atoms with Crippen molar-refractivity contribution >= 4 is 34.0 Å². The maximum absolute atomic E-state index is 13.0. The molecule has 0 aliphatic heterocycles. The highest BCUT2D eigenvalue weighted by Crippen LogP contribution is 2.27. The van der Waals surface area contributed by atoms with E-state index in [0.29, 0.717) is 22.7 Å². The Bertz CT molecular complexity index is 1490. The number of aromatic nitrogens is 5. The average molecular weight is 408 g/mol. The summed E-state index contributed by atoms with van der Waals surface area (Å²) in [4.78, 5) is 23.2. The third-order valence-electron chi connectivity index (χ3n) is 5.19. The molecule has 2 aromatic carbocycles. The summed E-state index contributed by atoms with van der Waals surface area (Å²) in [5.74, 6) is 0.146. The fourth-order valence-electron chi connectivity index (χ4n) is 3.46. The number of carbonyl (C=O) groups is 1. The van der Waals surface area contributed by atoms with Gasteiger partial charge in [-0.15, -0.1) is 0 Å². The molecule has 0 spiro atoms. The normalized spacial score (nSPS) is 11.0. The van der Waals surface area contributed by atoms with Crippen LogP contribution < -0.4 is 10.6 Å². The molecule has 0 radical (unpaired) electrons. The molecule has 1 amide bonds. The highest BCUT2D eigenvalue weighted by molar-refractivity contribution is 6.04. The maximum Gasteiger partial charge on any atom is 0.278 e. The van der Waals surface area contributed by atoms with E-state index >= 15 is 0 Å². The molecule has 0 bridgehead atoms. The van der Waals surface area contributed by atoms with E-state index in [0.717, 1.165) is 22.2 Å². The third-order valence-corrected chi connectivity index (χ3v) is 5.19. The van der Waals surface area contributed by atoms with Gasteiger partial charge in [0.15, 0.2) is 11.5 Å². The van der Waals surface area contributed by atoms with Gasteiger partial charge in [-0.05, 0) is 36.4 Å². The number of nitriles is 1. The molecule has 150 valence electrons. The van der Waals surface area contributed by atoms with Gasteiger partial charge in [0.1, 0.15) is 5.69 Å². The van der Waals surface area contributed by atoms with Gasteiger partial charge in [0.05, 0.1) is 35.2 Å². The third kappa shape index (κ3) is 3.03. The predicted molar refractivity (Wildman–Crippen MR) is 116 cm³/mol. The average Bonchev–Trinajstić information content (AvgIpc) is 3.41. The molecule has 0 atom stereocenters. The number of carbonyl (C=O) groups excluding carboxylic acids is 1. The molecule has 0 saturated carbocycles. The van der Waals surface area contributed by atoms with E-state index in [1.807, 2.05) is 22.6 Å². The molecule has 0 fully saturated rings. The maximum atomic E-state index is 13.0. The van der Waals surface area contributed by atoms with E-state index in [2.05, 4.69) is 26.2 Å². The largest absolute Gasteiger partial charge is 0.382 e. The van der Waals surface area contributed by atoms with Gasteiger partial charge in [0, 0.05) is 29.9 Å². The van der Waals surface area contributed by atoms with Crippen molar-refractivity contribution in [2.45, 2.75) is 0 Å². The van der Waals surface area contributed by atoms with Crippen LogP contribution in [0, 0.1) is 11.3 Å². The highest BCUT2D eigenvalue weighted by Gasteiger charge is 2.17. The molecule has 0 aliphatic rings. The lowest BCUT2D eigenvalue weighted by Gasteiger charge is -2.17. The molecule has 31 heavy (non-hydrogen) atoms. The Balaban J connectivity index is 1.54. The van der Waals surface area contributed by atoms with Gasteiger partial charge < -0.3 is 10.6 Å². The molecular formula is C22H16N8O. The number of nitrogens with two attached hydrogens (primary N) is 1. The van der Waals surface area contributed by atoms with Crippen LogP contribution in [-0.4, -0.2) is 37.5 Å². The number of amides is 1. The summed E-state index contributed by atoms with van der Waals surface area (Å²) in [6.07, 6.45) is 4.96. The van der Waals surface area contributed by atoms with Gasteiger partial charge in [-0.3, -0.25) is 14.3 Å². The van der Waals surface area contributed by atoms with Crippen molar-refractivity contribution in [3.63, 3.8) is 0 Å². The molecule has 0 aliphatic carbocycles.